The monoisotopic (exact) mass is 547 g/mol. The minimum atomic E-state index is -0.980. The van der Waals surface area contributed by atoms with E-state index < -0.39 is 48.0 Å². The third-order valence-electron chi connectivity index (χ3n) is 6.17. The Hall–Kier alpha value is -5.01. The number of anilines is 2. The molecule has 0 bridgehead atoms. The number of carbonyl (C=O) groups is 1. The van der Waals surface area contributed by atoms with Crippen LogP contribution in [-0.4, -0.2) is 60.1 Å². The number of aromatic amines is 1. The zero-order chi connectivity index (χ0) is 28.4. The quantitative estimate of drug-likeness (QED) is 0.198. The van der Waals surface area contributed by atoms with E-state index >= 15 is 0 Å². The van der Waals surface area contributed by atoms with Crippen LogP contribution in [0.15, 0.2) is 65.6 Å². The summed E-state index contributed by atoms with van der Waals surface area (Å²) in [7, 11) is 0. The molecule has 0 atom stereocenters. The standard InChI is InChI=1S/C27H23F2N7O4/c1-14-5-6-15(31-26(40)21-9-10-30-35-21)11-18(14)23-17-7-8-22(39)36(24-19(28)3-2-4-20(24)29)25(17)34-27(33-23)32-16(12-37)13-38/h2-11,16,37-38H,12-13H2,1H3,(H,30,35)(H,31,40)(H,32,33,34). The number of pyridine rings is 1. The molecule has 5 aromatic rings. The second-order valence-corrected chi connectivity index (χ2v) is 8.86. The van der Waals surface area contributed by atoms with Crippen molar-refractivity contribution in [2.75, 3.05) is 23.8 Å². The van der Waals surface area contributed by atoms with Crippen molar-refractivity contribution in [3.05, 3.63) is 94.0 Å². The third-order valence-corrected chi connectivity index (χ3v) is 6.17. The fourth-order valence-electron chi connectivity index (χ4n) is 4.17. The Morgan fingerprint density at radius 1 is 1.05 bits per heavy atom. The number of carbonyl (C=O) groups excluding carboxylic acids is 1. The Bertz CT molecular complexity index is 1750. The highest BCUT2D eigenvalue weighted by Gasteiger charge is 2.21. The Morgan fingerprint density at radius 3 is 2.48 bits per heavy atom. The number of aryl methyl sites for hydroxylation is 1. The summed E-state index contributed by atoms with van der Waals surface area (Å²) < 4.78 is 30.5. The predicted molar refractivity (Wildman–Crippen MR) is 143 cm³/mol. The molecule has 1 amide bonds. The van der Waals surface area contributed by atoms with Crippen LogP contribution in [0.5, 0.6) is 0 Å². The van der Waals surface area contributed by atoms with Crippen LogP contribution in [0, 0.1) is 18.6 Å². The molecule has 0 aliphatic rings. The predicted octanol–water partition coefficient (Wildman–Crippen LogP) is 2.77. The molecule has 204 valence electrons. The van der Waals surface area contributed by atoms with Crippen molar-refractivity contribution in [1.29, 1.82) is 0 Å². The number of hydrogen-bond donors (Lipinski definition) is 5. The number of rotatable bonds is 8. The van der Waals surface area contributed by atoms with Crippen molar-refractivity contribution >= 4 is 28.6 Å². The third kappa shape index (κ3) is 5.02. The highest BCUT2D eigenvalue weighted by molar-refractivity contribution is 6.03. The smallest absolute Gasteiger partial charge is 0.276 e. The van der Waals surface area contributed by atoms with Crippen LogP contribution in [0.3, 0.4) is 0 Å². The normalized spacial score (nSPS) is 11.2. The molecule has 0 radical (unpaired) electrons. The Kier molecular flexibility index (Phi) is 7.31. The van der Waals surface area contributed by atoms with Gasteiger partial charge >= 0.3 is 0 Å². The van der Waals surface area contributed by atoms with E-state index in [1.165, 1.54) is 24.4 Å². The molecule has 0 saturated heterocycles. The summed E-state index contributed by atoms with van der Waals surface area (Å²) in [5, 5.41) is 31.5. The van der Waals surface area contributed by atoms with Gasteiger partial charge in [0.05, 0.1) is 24.9 Å². The Balaban J connectivity index is 1.75. The van der Waals surface area contributed by atoms with Gasteiger partial charge in [0, 0.05) is 28.9 Å². The van der Waals surface area contributed by atoms with E-state index in [4.69, 9.17) is 0 Å². The summed E-state index contributed by atoms with van der Waals surface area (Å²) in [6.07, 6.45) is 1.51. The van der Waals surface area contributed by atoms with Gasteiger partial charge in [0.1, 0.15) is 23.0 Å². The van der Waals surface area contributed by atoms with Crippen molar-refractivity contribution in [3.63, 3.8) is 0 Å². The topological polar surface area (TPSA) is 158 Å². The minimum absolute atomic E-state index is 0.114. The number of H-pyrrole nitrogens is 1. The lowest BCUT2D eigenvalue weighted by Gasteiger charge is -2.18. The maximum absolute atomic E-state index is 14.9. The molecular formula is C27H23F2N7O4. The first-order chi connectivity index (χ1) is 19.3. The van der Waals surface area contributed by atoms with Gasteiger partial charge in [-0.1, -0.05) is 12.1 Å². The largest absolute Gasteiger partial charge is 0.394 e. The molecule has 13 heteroatoms. The molecule has 3 aromatic heterocycles. The summed E-state index contributed by atoms with van der Waals surface area (Å²) in [5.74, 6) is -2.53. The summed E-state index contributed by atoms with van der Waals surface area (Å²) in [6, 6.07) is 11.5. The number of halogens is 2. The maximum Gasteiger partial charge on any atom is 0.276 e. The number of nitrogens with zero attached hydrogens (tertiary/aromatic N) is 4. The fourth-order valence-corrected chi connectivity index (χ4v) is 4.17. The highest BCUT2D eigenvalue weighted by Crippen LogP contribution is 2.32. The number of para-hydroxylation sites is 1. The first-order valence-corrected chi connectivity index (χ1v) is 12.1. The van der Waals surface area contributed by atoms with Gasteiger partial charge in [0.2, 0.25) is 5.95 Å². The maximum atomic E-state index is 14.9. The van der Waals surface area contributed by atoms with Gasteiger partial charge in [0.15, 0.2) is 5.65 Å². The van der Waals surface area contributed by atoms with Gasteiger partial charge in [-0.3, -0.25) is 19.3 Å². The van der Waals surface area contributed by atoms with Crippen LogP contribution in [0.1, 0.15) is 16.1 Å². The van der Waals surface area contributed by atoms with Crippen LogP contribution >= 0.6 is 0 Å². The van der Waals surface area contributed by atoms with E-state index in [0.717, 1.165) is 28.3 Å². The van der Waals surface area contributed by atoms with Crippen LogP contribution in [0.2, 0.25) is 0 Å². The number of aliphatic hydroxyl groups excluding tert-OH is 2. The zero-order valence-electron chi connectivity index (χ0n) is 21.0. The number of benzene rings is 2. The second-order valence-electron chi connectivity index (χ2n) is 8.86. The van der Waals surface area contributed by atoms with Gasteiger partial charge in [-0.2, -0.15) is 10.1 Å². The summed E-state index contributed by atoms with van der Waals surface area (Å²) in [6.45, 7) is 0.863. The molecule has 0 aliphatic heterocycles. The lowest BCUT2D eigenvalue weighted by Crippen LogP contribution is -2.29. The van der Waals surface area contributed by atoms with E-state index in [-0.39, 0.29) is 28.4 Å². The number of aliphatic hydroxyl groups is 2. The Morgan fingerprint density at radius 2 is 1.80 bits per heavy atom. The van der Waals surface area contributed by atoms with Gasteiger partial charge < -0.3 is 20.8 Å². The van der Waals surface area contributed by atoms with Gasteiger partial charge in [-0.25, -0.2) is 13.8 Å². The van der Waals surface area contributed by atoms with E-state index in [9.17, 15) is 28.6 Å². The van der Waals surface area contributed by atoms with Crippen molar-refractivity contribution in [2.45, 2.75) is 13.0 Å². The van der Waals surface area contributed by atoms with Gasteiger partial charge in [0.25, 0.3) is 11.5 Å². The van der Waals surface area contributed by atoms with E-state index in [2.05, 4.69) is 30.8 Å². The molecule has 0 saturated carbocycles. The zero-order valence-corrected chi connectivity index (χ0v) is 21.0. The fraction of sp³-hybridized carbons (Fsp3) is 0.148. The minimum Gasteiger partial charge on any atom is -0.394 e. The lowest BCUT2D eigenvalue weighted by atomic mass is 10.0. The number of hydrogen-bond acceptors (Lipinski definition) is 8. The molecule has 2 aromatic carbocycles. The average molecular weight is 548 g/mol. The van der Waals surface area contributed by atoms with Gasteiger partial charge in [-0.15, -0.1) is 0 Å². The molecular weight excluding hydrogens is 524 g/mol. The SMILES string of the molecule is Cc1ccc(NC(=O)c2cc[nH]n2)cc1-c1nc(NC(CO)CO)nc2c1ccc(=O)n2-c1c(F)cccc1F. The first kappa shape index (κ1) is 26.6. The molecule has 0 unspecified atom stereocenters. The number of fused-ring (bicyclic) bond motifs is 1. The van der Waals surface area contributed by atoms with E-state index in [0.29, 0.717) is 11.3 Å². The summed E-state index contributed by atoms with van der Waals surface area (Å²) in [4.78, 5) is 34.5. The number of aromatic nitrogens is 5. The Labute approximate surface area is 225 Å². The molecule has 0 fully saturated rings. The molecule has 5 rings (SSSR count). The molecule has 11 nitrogen and oxygen atoms in total. The molecule has 3 heterocycles. The van der Waals surface area contributed by atoms with Crippen LogP contribution in [-0.2, 0) is 0 Å². The molecule has 0 aliphatic carbocycles. The molecule has 5 N–H and O–H groups in total. The summed E-state index contributed by atoms with van der Waals surface area (Å²) >= 11 is 0. The van der Waals surface area contributed by atoms with Crippen molar-refractivity contribution in [2.24, 2.45) is 0 Å². The van der Waals surface area contributed by atoms with Gasteiger partial charge in [-0.05, 0) is 48.9 Å². The van der Waals surface area contributed by atoms with Crippen molar-refractivity contribution < 1.29 is 23.8 Å². The van der Waals surface area contributed by atoms with Crippen molar-refractivity contribution in [3.8, 4) is 16.9 Å². The second kappa shape index (κ2) is 11.0. The van der Waals surface area contributed by atoms with Crippen molar-refractivity contribution in [1.82, 2.24) is 24.7 Å². The van der Waals surface area contributed by atoms with Crippen LogP contribution in [0.25, 0.3) is 28.0 Å². The molecule has 0 spiro atoms. The molecule has 40 heavy (non-hydrogen) atoms. The first-order valence-electron chi connectivity index (χ1n) is 12.1. The van der Waals surface area contributed by atoms with E-state index in [1.54, 1.807) is 25.1 Å². The number of nitrogens with one attached hydrogen (secondary N) is 3. The van der Waals surface area contributed by atoms with Crippen LogP contribution < -0.4 is 16.2 Å². The average Bonchev–Trinajstić information content (AvgIpc) is 3.49. The highest BCUT2D eigenvalue weighted by atomic mass is 19.1. The number of amides is 1. The lowest BCUT2D eigenvalue weighted by molar-refractivity contribution is 0.102. The van der Waals surface area contributed by atoms with Crippen LogP contribution in [0.4, 0.5) is 20.4 Å². The summed E-state index contributed by atoms with van der Waals surface area (Å²) in [5.41, 5.74) is 0.599. The van der Waals surface area contributed by atoms with E-state index in [1.807, 2.05) is 0 Å².